The minimum atomic E-state index is -1.06. The van der Waals surface area contributed by atoms with E-state index in [9.17, 15) is 24.4 Å². The maximum Gasteiger partial charge on any atom is 0.408 e. The zero-order valence-electron chi connectivity index (χ0n) is 38.8. The minimum absolute atomic E-state index is 0.00579. The number of ether oxygens (including phenoxy) is 4. The molecule has 5 rings (SSSR count). The van der Waals surface area contributed by atoms with Crippen LogP contribution in [0.4, 0.5) is 21.1 Å². The van der Waals surface area contributed by atoms with E-state index in [1.807, 2.05) is 29.6 Å². The average molecular weight is 974 g/mol. The first-order valence-corrected chi connectivity index (χ1v) is 24.2. The first-order chi connectivity index (χ1) is 31.8. The third-order valence-electron chi connectivity index (χ3n) is 9.80. The van der Waals surface area contributed by atoms with Crippen LogP contribution in [0.1, 0.15) is 91.8 Å². The molecule has 1 aliphatic rings. The number of halogens is 1. The van der Waals surface area contributed by atoms with Crippen LogP contribution in [0, 0.1) is 17.9 Å². The lowest BCUT2D eigenvalue weighted by atomic mass is 9.99. The van der Waals surface area contributed by atoms with Gasteiger partial charge in [0.2, 0.25) is 11.6 Å². The Labute approximate surface area is 405 Å². The summed E-state index contributed by atoms with van der Waals surface area (Å²) < 4.78 is 21.9. The molecule has 0 radical (unpaired) electrons. The number of unbranched alkanes of at least 4 members (excludes halogenated alkanes) is 1. The second kappa shape index (κ2) is 24.1. The highest BCUT2D eigenvalue weighted by atomic mass is 35.5. The van der Waals surface area contributed by atoms with Gasteiger partial charge in [0.1, 0.15) is 64.2 Å². The fourth-order valence-electron chi connectivity index (χ4n) is 6.74. The number of thioether (sulfide) groups is 1. The number of alkyl carbamates (subject to hydrolysis) is 2. The highest BCUT2D eigenvalue weighted by molar-refractivity contribution is 7.98. The molecule has 3 N–H and O–H groups in total. The second-order valence-corrected chi connectivity index (χ2v) is 19.8. The van der Waals surface area contributed by atoms with Gasteiger partial charge < -0.3 is 39.8 Å². The van der Waals surface area contributed by atoms with E-state index in [1.165, 1.54) is 30.0 Å². The third-order valence-corrected chi connectivity index (χ3v) is 12.0. The molecule has 16 nitrogen and oxygen atoms in total. The summed E-state index contributed by atoms with van der Waals surface area (Å²) >= 11 is 9.01. The summed E-state index contributed by atoms with van der Waals surface area (Å²) in [6, 6.07) is 14.8. The number of hydrogen-bond acceptors (Lipinski definition) is 14. The Hall–Kier alpha value is -6.08. The minimum Gasteiger partial charge on any atom is -0.490 e. The number of rotatable bonds is 19. The van der Waals surface area contributed by atoms with E-state index >= 15 is 0 Å². The van der Waals surface area contributed by atoms with Crippen molar-refractivity contribution in [2.24, 2.45) is 0 Å². The molecule has 3 amide bonds. The predicted octanol–water partition coefficient (Wildman–Crippen LogP) is 9.86. The summed E-state index contributed by atoms with van der Waals surface area (Å²) in [4.78, 5) is 66.6. The van der Waals surface area contributed by atoms with Gasteiger partial charge >= 0.3 is 18.2 Å². The normalized spacial score (nSPS) is 13.4. The number of aromatic nitrogens is 2. The molecule has 3 heterocycles. The molecule has 67 heavy (non-hydrogen) atoms. The van der Waals surface area contributed by atoms with E-state index < -0.39 is 47.3 Å². The van der Waals surface area contributed by atoms with Crippen LogP contribution in [0.2, 0.25) is 5.02 Å². The van der Waals surface area contributed by atoms with E-state index in [0.29, 0.717) is 69.1 Å². The lowest BCUT2D eigenvalue weighted by Gasteiger charge is -2.24. The molecule has 0 aliphatic carbocycles. The molecule has 1 fully saturated rings. The molecular formula is C48H57ClN8O8S2. The number of carbonyl (C=O) groups excluding carboxylic acids is 4. The van der Waals surface area contributed by atoms with Crippen molar-refractivity contribution >= 4 is 70.3 Å². The second-order valence-electron chi connectivity index (χ2n) is 17.6. The van der Waals surface area contributed by atoms with Crippen LogP contribution in [0.25, 0.3) is 26.5 Å². The predicted molar refractivity (Wildman–Crippen MR) is 260 cm³/mol. The Morgan fingerprint density at radius 3 is 2.22 bits per heavy atom. The number of benzene rings is 2. The molecule has 2 aromatic carbocycles. The van der Waals surface area contributed by atoms with E-state index in [0.717, 1.165) is 42.2 Å². The van der Waals surface area contributed by atoms with Crippen molar-refractivity contribution in [1.29, 1.82) is 5.26 Å². The van der Waals surface area contributed by atoms with Crippen molar-refractivity contribution in [3.63, 3.8) is 0 Å². The lowest BCUT2D eigenvalue weighted by molar-refractivity contribution is -0.148. The van der Waals surface area contributed by atoms with Crippen LogP contribution < -0.4 is 25.6 Å². The van der Waals surface area contributed by atoms with Crippen LogP contribution in [0.15, 0.2) is 58.9 Å². The fourth-order valence-corrected chi connectivity index (χ4v) is 8.67. The van der Waals surface area contributed by atoms with Crippen molar-refractivity contribution in [3.05, 3.63) is 81.6 Å². The first-order valence-electron chi connectivity index (χ1n) is 21.9. The van der Waals surface area contributed by atoms with Gasteiger partial charge in [0.05, 0.1) is 17.8 Å². The van der Waals surface area contributed by atoms with Gasteiger partial charge in [-0.2, -0.15) is 5.26 Å². The number of anilines is 1. The van der Waals surface area contributed by atoms with Crippen molar-refractivity contribution in [2.75, 3.05) is 37.7 Å². The number of nitrogens with zero attached hydrogens (tertiary/aromatic N) is 5. The van der Waals surface area contributed by atoms with Crippen molar-refractivity contribution in [2.45, 2.75) is 115 Å². The van der Waals surface area contributed by atoms with Crippen molar-refractivity contribution in [1.82, 2.24) is 25.9 Å². The maximum absolute atomic E-state index is 13.3. The van der Waals surface area contributed by atoms with E-state index in [-0.39, 0.29) is 19.6 Å². The summed E-state index contributed by atoms with van der Waals surface area (Å²) in [7, 11) is 0. The monoisotopic (exact) mass is 972 g/mol. The molecule has 0 spiro atoms. The molecule has 0 unspecified atom stereocenters. The number of pyridine rings is 1. The number of hydrogen-bond donors (Lipinski definition) is 3. The summed E-state index contributed by atoms with van der Waals surface area (Å²) in [5.41, 5.74) is 2.10. The lowest BCUT2D eigenvalue weighted by Crippen LogP contribution is -2.52. The van der Waals surface area contributed by atoms with E-state index in [4.69, 9.17) is 47.1 Å². The molecule has 1 aliphatic heterocycles. The van der Waals surface area contributed by atoms with E-state index in [1.54, 1.807) is 65.8 Å². The molecule has 0 saturated carbocycles. The molecule has 356 valence electrons. The Morgan fingerprint density at radius 2 is 1.58 bits per heavy atom. The molecule has 0 bridgehead atoms. The quantitative estimate of drug-likeness (QED) is 0.0264. The maximum atomic E-state index is 13.3. The van der Waals surface area contributed by atoms with Gasteiger partial charge in [-0.05, 0) is 110 Å². The summed E-state index contributed by atoms with van der Waals surface area (Å²) in [5, 5.41) is 22.4. The van der Waals surface area contributed by atoms with E-state index in [2.05, 4.69) is 31.8 Å². The third kappa shape index (κ3) is 16.0. The van der Waals surface area contributed by atoms with Crippen LogP contribution in [-0.2, 0) is 29.6 Å². The topological polar surface area (TPSA) is 198 Å². The van der Waals surface area contributed by atoms with Gasteiger partial charge in [-0.1, -0.05) is 47.6 Å². The molecular weight excluding hydrogens is 916 g/mol. The SMILES string of the molecule is [C-]#[N+]c1c(N2CCCC2)nc(SCc2csc(-c3ccc(Cl)cc3)n2)c(C#N)c1-c1ccc(OCCOC(=O)[C@H](C)NC(=O)[C@H](CCCCNC(=O)OC(C)(C)C)NC(=O)OC(C)(C)C)cc1. The highest BCUT2D eigenvalue weighted by Gasteiger charge is 2.29. The summed E-state index contributed by atoms with van der Waals surface area (Å²) in [6.45, 7) is 21.8. The molecule has 19 heteroatoms. The van der Waals surface area contributed by atoms with Crippen molar-refractivity contribution < 1.29 is 38.1 Å². The Kier molecular flexibility index (Phi) is 18.7. The molecule has 4 aromatic rings. The van der Waals surface area contributed by atoms with Gasteiger partial charge in [0, 0.05) is 46.9 Å². The number of esters is 1. The fraction of sp³-hybridized carbons (Fsp3) is 0.458. The average Bonchev–Trinajstić information content (AvgIpc) is 3.99. The summed E-state index contributed by atoms with van der Waals surface area (Å²) in [6.07, 6.45) is 1.76. The van der Waals surface area contributed by atoms with Gasteiger partial charge in [-0.15, -0.1) is 11.3 Å². The number of nitriles is 1. The molecule has 2 aromatic heterocycles. The van der Waals surface area contributed by atoms with Crippen LogP contribution in [-0.4, -0.2) is 90.2 Å². The Balaban J connectivity index is 1.18. The van der Waals surface area contributed by atoms with Gasteiger partial charge in [-0.3, -0.25) is 4.79 Å². The van der Waals surface area contributed by atoms with Gasteiger partial charge in [0.25, 0.3) is 0 Å². The van der Waals surface area contributed by atoms with Crippen LogP contribution in [0.5, 0.6) is 5.75 Å². The zero-order chi connectivity index (χ0) is 48.7. The smallest absolute Gasteiger partial charge is 0.408 e. The number of carbonyl (C=O) groups is 4. The summed E-state index contributed by atoms with van der Waals surface area (Å²) in [5.74, 6) is 0.163. The number of nitrogens with one attached hydrogen (secondary N) is 3. The standard InChI is InChI=1S/C48H57ClN8O8S2/c1-30(53-41(58)37(55-46(61)65-48(5,6)7)13-9-10-22-52-45(60)64-47(2,3)4)44(59)63-26-25-62-35-20-16-31(17-21-35)38-36(27-50)43(56-40(39(38)51-8)57-23-11-12-24-57)67-29-34-28-66-42(54-34)32-14-18-33(49)19-15-32/h14-21,28,30,37H,9-13,22-26,29H2,1-7H3,(H,52,60)(H,53,58)(H,55,61)/t30-,37-/m0/s1. The van der Waals surface area contributed by atoms with Gasteiger partial charge in [0.15, 0.2) is 0 Å². The van der Waals surface area contributed by atoms with Crippen LogP contribution >= 0.6 is 34.7 Å². The van der Waals surface area contributed by atoms with Crippen molar-refractivity contribution in [3.8, 4) is 33.5 Å². The molecule has 2 atom stereocenters. The first kappa shape index (κ1) is 51.9. The highest BCUT2D eigenvalue weighted by Crippen LogP contribution is 2.45. The largest absolute Gasteiger partial charge is 0.490 e. The number of thiazole rings is 1. The number of amides is 3. The molecule has 1 saturated heterocycles. The zero-order valence-corrected chi connectivity index (χ0v) is 41.2. The Bertz CT molecular complexity index is 2430. The van der Waals surface area contributed by atoms with Gasteiger partial charge in [-0.25, -0.2) is 29.2 Å². The Morgan fingerprint density at radius 1 is 0.925 bits per heavy atom. The van der Waals surface area contributed by atoms with Crippen LogP contribution in [0.3, 0.4) is 0 Å².